The Bertz CT molecular complexity index is 660. The van der Waals surface area contributed by atoms with Gasteiger partial charge in [0.05, 0.1) is 6.07 Å². The van der Waals surface area contributed by atoms with Gasteiger partial charge in [-0.15, -0.1) is 0 Å². The fourth-order valence-corrected chi connectivity index (χ4v) is 2.96. The molecule has 0 saturated carbocycles. The van der Waals surface area contributed by atoms with E-state index in [2.05, 4.69) is 27.5 Å². The van der Waals surface area contributed by atoms with Crippen LogP contribution >= 0.6 is 0 Å². The average Bonchev–Trinajstić information content (AvgIpc) is 2.69. The van der Waals surface area contributed by atoms with E-state index < -0.39 is 0 Å². The van der Waals surface area contributed by atoms with Crippen molar-refractivity contribution in [2.24, 2.45) is 5.92 Å². The first-order valence-corrected chi connectivity index (χ1v) is 9.45. The Kier molecular flexibility index (Phi) is 8.08. The number of nitrogens with zero attached hydrogens (tertiary/aromatic N) is 3. The van der Waals surface area contributed by atoms with Crippen LogP contribution in [0.4, 0.5) is 5.69 Å². The summed E-state index contributed by atoms with van der Waals surface area (Å²) in [5.41, 5.74) is 1.79. The van der Waals surface area contributed by atoms with Crippen LogP contribution in [0.2, 0.25) is 0 Å². The molecule has 7 nitrogen and oxygen atoms in total. The highest BCUT2D eigenvalue weighted by Crippen LogP contribution is 2.17. The van der Waals surface area contributed by atoms with Gasteiger partial charge in [-0.3, -0.25) is 9.59 Å². The fourth-order valence-electron chi connectivity index (χ4n) is 2.96. The maximum atomic E-state index is 12.3. The number of benzene rings is 1. The first-order chi connectivity index (χ1) is 13.0. The lowest BCUT2D eigenvalue weighted by molar-refractivity contribution is -0.121. The zero-order chi connectivity index (χ0) is 19.6. The predicted octanol–water partition coefficient (Wildman–Crippen LogP) is 1.22. The molecule has 0 spiro atoms. The molecule has 1 fully saturated rings. The van der Waals surface area contributed by atoms with Crippen molar-refractivity contribution in [2.45, 2.75) is 19.8 Å². The van der Waals surface area contributed by atoms with Crippen molar-refractivity contribution in [3.05, 3.63) is 29.8 Å². The molecule has 1 aliphatic heterocycles. The lowest BCUT2D eigenvalue weighted by atomic mass is 10.1. The Labute approximate surface area is 161 Å². The Balaban J connectivity index is 1.74. The maximum absolute atomic E-state index is 12.3. The van der Waals surface area contributed by atoms with E-state index in [-0.39, 0.29) is 24.3 Å². The molecule has 1 aromatic carbocycles. The van der Waals surface area contributed by atoms with Crippen LogP contribution in [0.3, 0.4) is 0 Å². The molecule has 7 heteroatoms. The molecule has 0 aromatic heterocycles. The van der Waals surface area contributed by atoms with E-state index >= 15 is 0 Å². The summed E-state index contributed by atoms with van der Waals surface area (Å²) in [5.74, 6) is -0.0404. The first-order valence-electron chi connectivity index (χ1n) is 9.45. The number of piperazine rings is 1. The van der Waals surface area contributed by atoms with Crippen molar-refractivity contribution in [2.75, 3.05) is 51.2 Å². The monoisotopic (exact) mass is 371 g/mol. The number of rotatable bonds is 8. The minimum absolute atomic E-state index is 0.0358. The predicted molar refractivity (Wildman–Crippen MR) is 106 cm³/mol. The molecule has 2 N–H and O–H groups in total. The normalized spacial score (nSPS) is 15.7. The molecule has 0 bridgehead atoms. The van der Waals surface area contributed by atoms with Crippen LogP contribution < -0.4 is 15.5 Å². The summed E-state index contributed by atoms with van der Waals surface area (Å²) in [7, 11) is 2.13. The Morgan fingerprint density at radius 1 is 1.15 bits per heavy atom. The number of nitriles is 1. The smallest absolute Gasteiger partial charge is 0.251 e. The number of anilines is 1. The number of carbonyl (C=O) groups is 2. The number of hydrogen-bond acceptors (Lipinski definition) is 5. The van der Waals surface area contributed by atoms with Crippen molar-refractivity contribution in [3.8, 4) is 6.07 Å². The molecular weight excluding hydrogens is 342 g/mol. The lowest BCUT2D eigenvalue weighted by Gasteiger charge is -2.34. The van der Waals surface area contributed by atoms with E-state index in [1.165, 1.54) is 0 Å². The highest BCUT2D eigenvalue weighted by molar-refractivity contribution is 5.94. The molecular formula is C20H29N5O2. The van der Waals surface area contributed by atoms with Crippen LogP contribution in [0.5, 0.6) is 0 Å². The molecule has 0 aliphatic carbocycles. The van der Waals surface area contributed by atoms with Crippen LogP contribution in [0.25, 0.3) is 0 Å². The third kappa shape index (κ3) is 6.91. The van der Waals surface area contributed by atoms with Gasteiger partial charge in [-0.1, -0.05) is 6.92 Å². The Morgan fingerprint density at radius 3 is 2.44 bits per heavy atom. The second-order valence-electron chi connectivity index (χ2n) is 7.13. The fraction of sp³-hybridized carbons (Fsp3) is 0.550. The first kappa shape index (κ1) is 20.7. The lowest BCUT2D eigenvalue weighted by Crippen LogP contribution is -2.44. The summed E-state index contributed by atoms with van der Waals surface area (Å²) in [6, 6.07) is 9.61. The third-order valence-electron chi connectivity index (χ3n) is 4.84. The van der Waals surface area contributed by atoms with E-state index in [4.69, 9.17) is 5.26 Å². The number of likely N-dealkylation sites (N-methyl/N-ethyl adjacent to an activating group) is 1. The molecule has 146 valence electrons. The van der Waals surface area contributed by atoms with E-state index in [0.717, 1.165) is 31.9 Å². The molecule has 1 saturated heterocycles. The summed E-state index contributed by atoms with van der Waals surface area (Å²) in [6.07, 6.45) is 1.03. The average molecular weight is 371 g/mol. The standard InChI is InChI=1S/C20H29N5O2/c1-16(3-8-19(26)22-10-9-21)15-23-20(27)17-4-6-18(7-5-17)25-13-11-24(2)12-14-25/h4-7,16H,3,8,10-15H2,1-2H3,(H,22,26)(H,23,27). The molecule has 1 aromatic rings. The van der Waals surface area contributed by atoms with Crippen LogP contribution in [-0.4, -0.2) is 63.0 Å². The van der Waals surface area contributed by atoms with Crippen molar-refractivity contribution < 1.29 is 9.59 Å². The highest BCUT2D eigenvalue weighted by Gasteiger charge is 2.15. The topological polar surface area (TPSA) is 88.5 Å². The quantitative estimate of drug-likeness (QED) is 0.671. The van der Waals surface area contributed by atoms with Crippen molar-refractivity contribution in [3.63, 3.8) is 0 Å². The Hall–Kier alpha value is -2.59. The summed E-state index contributed by atoms with van der Waals surface area (Å²) in [5, 5.41) is 13.9. The second-order valence-corrected chi connectivity index (χ2v) is 7.13. The SMILES string of the molecule is CC(CCC(=O)NCC#N)CNC(=O)c1ccc(N2CCN(C)CC2)cc1. The van der Waals surface area contributed by atoms with Crippen LogP contribution in [-0.2, 0) is 4.79 Å². The van der Waals surface area contributed by atoms with E-state index in [1.54, 1.807) is 0 Å². The highest BCUT2D eigenvalue weighted by atomic mass is 16.2. The molecule has 2 rings (SSSR count). The second kappa shape index (κ2) is 10.5. The van der Waals surface area contributed by atoms with Gasteiger partial charge in [0.1, 0.15) is 6.54 Å². The zero-order valence-corrected chi connectivity index (χ0v) is 16.2. The summed E-state index contributed by atoms with van der Waals surface area (Å²) in [6.45, 7) is 6.65. The van der Waals surface area contributed by atoms with Gasteiger partial charge in [-0.2, -0.15) is 5.26 Å². The van der Waals surface area contributed by atoms with E-state index in [9.17, 15) is 9.59 Å². The molecule has 1 aliphatic rings. The van der Waals surface area contributed by atoms with Crippen LogP contribution in [0, 0.1) is 17.2 Å². The van der Waals surface area contributed by atoms with Crippen LogP contribution in [0.1, 0.15) is 30.1 Å². The summed E-state index contributed by atoms with van der Waals surface area (Å²) >= 11 is 0. The molecule has 1 atom stereocenters. The molecule has 1 unspecified atom stereocenters. The largest absolute Gasteiger partial charge is 0.369 e. The minimum Gasteiger partial charge on any atom is -0.369 e. The van der Waals surface area contributed by atoms with Crippen molar-refractivity contribution in [1.29, 1.82) is 5.26 Å². The number of hydrogen-bond donors (Lipinski definition) is 2. The van der Waals surface area contributed by atoms with Gasteiger partial charge in [0.25, 0.3) is 5.91 Å². The van der Waals surface area contributed by atoms with Crippen molar-refractivity contribution in [1.82, 2.24) is 15.5 Å². The summed E-state index contributed by atoms with van der Waals surface area (Å²) < 4.78 is 0. The zero-order valence-electron chi connectivity index (χ0n) is 16.2. The molecule has 2 amide bonds. The van der Waals surface area contributed by atoms with Gasteiger partial charge in [-0.05, 0) is 43.7 Å². The van der Waals surface area contributed by atoms with Gasteiger partial charge >= 0.3 is 0 Å². The maximum Gasteiger partial charge on any atom is 0.251 e. The van der Waals surface area contributed by atoms with Gasteiger partial charge < -0.3 is 20.4 Å². The molecule has 0 radical (unpaired) electrons. The number of nitrogens with one attached hydrogen (secondary N) is 2. The number of carbonyl (C=O) groups excluding carboxylic acids is 2. The number of amides is 2. The molecule has 1 heterocycles. The minimum atomic E-state index is -0.130. The van der Waals surface area contributed by atoms with Crippen molar-refractivity contribution >= 4 is 17.5 Å². The third-order valence-corrected chi connectivity index (χ3v) is 4.84. The molecule has 27 heavy (non-hydrogen) atoms. The van der Waals surface area contributed by atoms with Gasteiger partial charge in [0.15, 0.2) is 0 Å². The Morgan fingerprint density at radius 2 is 1.81 bits per heavy atom. The van der Waals surface area contributed by atoms with E-state index in [0.29, 0.717) is 24.9 Å². The van der Waals surface area contributed by atoms with Gasteiger partial charge in [0, 0.05) is 50.4 Å². The van der Waals surface area contributed by atoms with Crippen LogP contribution in [0.15, 0.2) is 24.3 Å². The summed E-state index contributed by atoms with van der Waals surface area (Å²) in [4.78, 5) is 28.4. The van der Waals surface area contributed by atoms with E-state index in [1.807, 2.05) is 37.3 Å². The van der Waals surface area contributed by atoms with Gasteiger partial charge in [0.2, 0.25) is 5.91 Å². The van der Waals surface area contributed by atoms with Gasteiger partial charge in [-0.25, -0.2) is 0 Å².